The van der Waals surface area contributed by atoms with E-state index in [4.69, 9.17) is 9.29 Å². The van der Waals surface area contributed by atoms with Crippen molar-refractivity contribution < 1.29 is 66.7 Å². The standard InChI is InChI=1S/C8H17NO4S.C8H16O2.C7H14O2.Na/c1-5-8(3,4)7(10)9-6(2)14(11,12)13;1-5-8(3,4)7(9)10-6-2;1-5-7(2,3)6(8)9-4;/h5H2,1-4H3,(H,9,10)(H2,11,12,13);5-6H2,1-4H3;5H2,1-4H3;/q;;;+1/p-1. The van der Waals surface area contributed by atoms with E-state index in [1.54, 1.807) is 13.8 Å². The van der Waals surface area contributed by atoms with Gasteiger partial charge in [0.2, 0.25) is 5.91 Å². The Balaban J connectivity index is -0.000000202. The first-order valence-corrected chi connectivity index (χ1v) is 12.5. The summed E-state index contributed by atoms with van der Waals surface area (Å²) in [5, 5.41) is 2.15. The van der Waals surface area contributed by atoms with Crippen LogP contribution in [0.15, 0.2) is 0 Å². The molecule has 0 saturated carbocycles. The van der Waals surface area contributed by atoms with E-state index < -0.39 is 26.4 Å². The summed E-state index contributed by atoms with van der Waals surface area (Å²) in [6.07, 6.45) is 2.23. The van der Waals surface area contributed by atoms with Gasteiger partial charge in [0.15, 0.2) is 0 Å². The Labute approximate surface area is 229 Å². The minimum Gasteiger partial charge on any atom is -0.756 e. The molecule has 1 unspecified atom stereocenters. The third kappa shape index (κ3) is 16.9. The number of rotatable bonds is 7. The predicted molar refractivity (Wildman–Crippen MR) is 131 cm³/mol. The van der Waals surface area contributed by atoms with Gasteiger partial charge >= 0.3 is 41.5 Å². The van der Waals surface area contributed by atoms with E-state index in [2.05, 4.69) is 10.1 Å². The fourth-order valence-electron chi connectivity index (χ4n) is 1.45. The Morgan fingerprint density at radius 3 is 1.44 bits per heavy atom. The van der Waals surface area contributed by atoms with E-state index in [0.29, 0.717) is 13.0 Å². The van der Waals surface area contributed by atoms with Crippen molar-refractivity contribution in [3.8, 4) is 0 Å². The fraction of sp³-hybridized carbons (Fsp3) is 0.826. The zero-order chi connectivity index (χ0) is 27.3. The number of carbonyl (C=O) groups is 3. The number of hydrogen-bond acceptors (Lipinski definition) is 7. The normalized spacial score (nSPS) is 12.8. The number of amides is 1. The van der Waals surface area contributed by atoms with Crippen LogP contribution in [0.3, 0.4) is 0 Å². The molecule has 0 spiro atoms. The second-order valence-electron chi connectivity index (χ2n) is 9.41. The van der Waals surface area contributed by atoms with Crippen molar-refractivity contribution >= 4 is 32.9 Å². The molecule has 0 aromatic rings. The summed E-state index contributed by atoms with van der Waals surface area (Å²) in [6, 6.07) is 0. The molecule has 9 nitrogen and oxygen atoms in total. The van der Waals surface area contributed by atoms with Crippen LogP contribution in [0, 0.1) is 16.2 Å². The summed E-state index contributed by atoms with van der Waals surface area (Å²) in [4.78, 5) is 32.9. The van der Waals surface area contributed by atoms with E-state index in [9.17, 15) is 23.1 Å². The van der Waals surface area contributed by atoms with Crippen molar-refractivity contribution in [1.82, 2.24) is 5.32 Å². The maximum atomic E-state index is 11.4. The SMILES string of the molecule is CCC(C)(C)C(=O)NC(C)=S(=O)([O-])O.CCC(C)(C)C(=O)OC.CCOC(=O)C(C)(C)CC.[Na+]. The van der Waals surface area contributed by atoms with Crippen LogP contribution in [0.1, 0.15) is 95.4 Å². The first-order chi connectivity index (χ1) is 14.7. The Kier molecular flexibility index (Phi) is 21.1. The zero-order valence-corrected chi connectivity index (χ0v) is 26.4. The summed E-state index contributed by atoms with van der Waals surface area (Å²) < 4.78 is 39.2. The van der Waals surface area contributed by atoms with Crippen LogP contribution in [0.5, 0.6) is 0 Å². The molecule has 2 N–H and O–H groups in total. The molecular formula is C23H46NNaO8S. The van der Waals surface area contributed by atoms with E-state index in [1.807, 2.05) is 55.4 Å². The topological polar surface area (TPSA) is 142 Å². The van der Waals surface area contributed by atoms with Crippen LogP contribution in [-0.4, -0.2) is 49.9 Å². The number of nitrogens with one attached hydrogen (secondary N) is 1. The minimum atomic E-state index is -4.28. The molecule has 1 atom stereocenters. The van der Waals surface area contributed by atoms with E-state index in [0.717, 1.165) is 19.8 Å². The first-order valence-electron chi connectivity index (χ1n) is 11.1. The van der Waals surface area contributed by atoms with Gasteiger partial charge in [-0.15, -0.1) is 0 Å². The minimum absolute atomic E-state index is 0. The molecule has 1 amide bonds. The molecule has 11 heteroatoms. The van der Waals surface area contributed by atoms with Crippen LogP contribution in [0.2, 0.25) is 0 Å². The van der Waals surface area contributed by atoms with E-state index >= 15 is 0 Å². The average Bonchev–Trinajstić information content (AvgIpc) is 2.73. The summed E-state index contributed by atoms with van der Waals surface area (Å²) in [5.74, 6) is -0.655. The van der Waals surface area contributed by atoms with Crippen LogP contribution >= 0.6 is 0 Å². The van der Waals surface area contributed by atoms with Crippen LogP contribution < -0.4 is 34.9 Å². The van der Waals surface area contributed by atoms with Gasteiger partial charge in [-0.1, -0.05) is 34.6 Å². The Morgan fingerprint density at radius 2 is 1.21 bits per heavy atom. The molecule has 0 heterocycles. The van der Waals surface area contributed by atoms with Gasteiger partial charge in [0.25, 0.3) is 0 Å². The molecule has 198 valence electrons. The van der Waals surface area contributed by atoms with Gasteiger partial charge < -0.3 is 23.9 Å². The van der Waals surface area contributed by atoms with Crippen molar-refractivity contribution in [1.29, 1.82) is 0 Å². The Hall–Kier alpha value is -0.650. The number of hydrogen-bond donors (Lipinski definition) is 2. The third-order valence-electron chi connectivity index (χ3n) is 5.51. The molecular weight excluding hydrogens is 473 g/mol. The zero-order valence-electron chi connectivity index (χ0n) is 23.5. The van der Waals surface area contributed by atoms with Crippen LogP contribution in [-0.2, 0) is 33.9 Å². The van der Waals surface area contributed by atoms with Gasteiger partial charge in [-0.25, -0.2) is 0 Å². The maximum Gasteiger partial charge on any atom is 1.00 e. The molecule has 0 fully saturated rings. The summed E-state index contributed by atoms with van der Waals surface area (Å²) >= 11 is 0. The van der Waals surface area contributed by atoms with Crippen LogP contribution in [0.4, 0.5) is 0 Å². The van der Waals surface area contributed by atoms with Gasteiger partial charge in [0, 0.05) is 15.5 Å². The number of ether oxygens (including phenoxy) is 2. The molecule has 0 radical (unpaired) electrons. The fourth-order valence-corrected chi connectivity index (χ4v) is 1.67. The first kappa shape index (κ1) is 40.5. The number of carbonyl (C=O) groups excluding carboxylic acids is 3. The predicted octanol–water partition coefficient (Wildman–Crippen LogP) is 1.16. The van der Waals surface area contributed by atoms with Crippen LogP contribution in [0.25, 0.3) is 0 Å². The van der Waals surface area contributed by atoms with Crippen molar-refractivity contribution in [2.75, 3.05) is 13.7 Å². The molecule has 0 aliphatic heterocycles. The van der Waals surface area contributed by atoms with Gasteiger partial charge in [-0.3, -0.25) is 18.6 Å². The van der Waals surface area contributed by atoms with Crippen molar-refractivity contribution in [3.63, 3.8) is 0 Å². The Morgan fingerprint density at radius 1 is 0.853 bits per heavy atom. The van der Waals surface area contributed by atoms with Crippen molar-refractivity contribution in [2.45, 2.75) is 95.4 Å². The monoisotopic (exact) mass is 519 g/mol. The third-order valence-corrected chi connectivity index (χ3v) is 6.38. The number of methoxy groups -OCH3 is 1. The van der Waals surface area contributed by atoms with Crippen molar-refractivity contribution in [2.24, 2.45) is 16.2 Å². The molecule has 0 saturated heterocycles. The summed E-state index contributed by atoms with van der Waals surface area (Å²) in [5.41, 5.74) is -1.27. The number of esters is 2. The van der Waals surface area contributed by atoms with Gasteiger partial charge in [0.1, 0.15) is 0 Å². The average molecular weight is 520 g/mol. The quantitative estimate of drug-likeness (QED) is 0.290. The molecule has 0 rings (SSSR count). The summed E-state index contributed by atoms with van der Waals surface area (Å²) in [6.45, 7) is 20.1. The molecule has 0 aromatic carbocycles. The van der Waals surface area contributed by atoms with E-state index in [1.165, 1.54) is 7.11 Å². The van der Waals surface area contributed by atoms with Gasteiger partial charge in [0.05, 0.1) is 29.5 Å². The summed E-state index contributed by atoms with van der Waals surface area (Å²) in [7, 11) is -2.87. The second kappa shape index (κ2) is 17.7. The maximum absolute atomic E-state index is 11.4. The van der Waals surface area contributed by atoms with Gasteiger partial charge in [-0.05, 0) is 60.8 Å². The molecule has 0 aliphatic rings. The smallest absolute Gasteiger partial charge is 0.756 e. The van der Waals surface area contributed by atoms with E-state index in [-0.39, 0.29) is 52.3 Å². The Bertz CT molecular complexity index is 746. The van der Waals surface area contributed by atoms with Gasteiger partial charge in [-0.2, -0.15) is 0 Å². The van der Waals surface area contributed by atoms with Crippen molar-refractivity contribution in [3.05, 3.63) is 0 Å². The molecule has 0 aromatic heterocycles. The largest absolute Gasteiger partial charge is 1.00 e. The molecule has 34 heavy (non-hydrogen) atoms. The second-order valence-corrected chi connectivity index (χ2v) is 11.0. The molecule has 0 bridgehead atoms. The molecule has 0 aliphatic carbocycles.